The number of rotatable bonds is 7. The van der Waals surface area contributed by atoms with Gasteiger partial charge in [-0.2, -0.15) is 0 Å². The number of aromatic nitrogens is 1. The molecule has 0 fully saturated rings. The molecule has 7 heteroatoms. The van der Waals surface area contributed by atoms with Crippen molar-refractivity contribution in [1.82, 2.24) is 15.4 Å². The number of hydrogen-bond donors (Lipinski definition) is 1. The largest absolute Gasteiger partial charge is 0.492 e. The first-order valence-corrected chi connectivity index (χ1v) is 9.03. The molecule has 0 aliphatic heterocycles. The number of aliphatic imine (C=N–C) groups is 1. The molecule has 1 aromatic carbocycles. The minimum Gasteiger partial charge on any atom is -0.492 e. The van der Waals surface area contributed by atoms with Crippen molar-refractivity contribution in [3.63, 3.8) is 0 Å². The highest BCUT2D eigenvalue weighted by molar-refractivity contribution is 6.30. The SMILES string of the molecule is CN=C(NCC(C)c1c(C)noc1C)N(C)CCOc1ccc(Cl)cc1. The van der Waals surface area contributed by atoms with E-state index in [2.05, 4.69) is 22.4 Å². The van der Waals surface area contributed by atoms with Crippen LogP contribution in [0.3, 0.4) is 0 Å². The quantitative estimate of drug-likeness (QED) is 0.588. The summed E-state index contributed by atoms with van der Waals surface area (Å²) in [6.45, 7) is 8.08. The summed E-state index contributed by atoms with van der Waals surface area (Å²) in [6.07, 6.45) is 0. The zero-order valence-electron chi connectivity index (χ0n) is 16.0. The van der Waals surface area contributed by atoms with Crippen LogP contribution in [0.4, 0.5) is 0 Å². The molecule has 0 saturated carbocycles. The highest BCUT2D eigenvalue weighted by Crippen LogP contribution is 2.22. The van der Waals surface area contributed by atoms with Crippen LogP contribution in [0.25, 0.3) is 0 Å². The summed E-state index contributed by atoms with van der Waals surface area (Å²) in [4.78, 5) is 6.38. The number of ether oxygens (including phenoxy) is 1. The molecular formula is C19H27ClN4O2. The van der Waals surface area contributed by atoms with E-state index < -0.39 is 0 Å². The fraction of sp³-hybridized carbons (Fsp3) is 0.474. The van der Waals surface area contributed by atoms with Gasteiger partial charge in [-0.3, -0.25) is 4.99 Å². The number of benzene rings is 1. The normalized spacial score (nSPS) is 12.8. The van der Waals surface area contributed by atoms with E-state index in [1.54, 1.807) is 7.05 Å². The molecule has 1 aromatic heterocycles. The molecule has 0 aliphatic rings. The molecule has 2 aromatic rings. The van der Waals surface area contributed by atoms with Gasteiger partial charge in [0.2, 0.25) is 0 Å². The lowest BCUT2D eigenvalue weighted by atomic mass is 10.00. The second kappa shape index (κ2) is 9.48. The maximum Gasteiger partial charge on any atom is 0.193 e. The molecule has 142 valence electrons. The van der Waals surface area contributed by atoms with E-state index >= 15 is 0 Å². The first-order valence-electron chi connectivity index (χ1n) is 8.65. The number of likely N-dealkylation sites (N-methyl/N-ethyl adjacent to an activating group) is 1. The lowest BCUT2D eigenvalue weighted by molar-refractivity contribution is 0.281. The Hall–Kier alpha value is -2.21. The summed E-state index contributed by atoms with van der Waals surface area (Å²) in [5.41, 5.74) is 2.10. The molecule has 0 radical (unpaired) electrons. The third-order valence-electron chi connectivity index (χ3n) is 4.23. The predicted molar refractivity (Wildman–Crippen MR) is 105 cm³/mol. The maximum atomic E-state index is 5.88. The Bertz CT molecular complexity index is 708. The molecule has 26 heavy (non-hydrogen) atoms. The van der Waals surface area contributed by atoms with E-state index in [-0.39, 0.29) is 5.92 Å². The van der Waals surface area contributed by atoms with Gasteiger partial charge < -0.3 is 19.5 Å². The molecule has 6 nitrogen and oxygen atoms in total. The number of halogens is 1. The molecule has 2 rings (SSSR count). The number of guanidine groups is 1. The second-order valence-corrected chi connectivity index (χ2v) is 6.73. The van der Waals surface area contributed by atoms with Gasteiger partial charge in [0.1, 0.15) is 18.1 Å². The summed E-state index contributed by atoms with van der Waals surface area (Å²) in [7, 11) is 3.76. The zero-order valence-corrected chi connectivity index (χ0v) is 16.8. The van der Waals surface area contributed by atoms with Gasteiger partial charge in [-0.05, 0) is 38.1 Å². The minimum absolute atomic E-state index is 0.275. The molecule has 1 unspecified atom stereocenters. The van der Waals surface area contributed by atoms with Crippen molar-refractivity contribution in [3.8, 4) is 5.75 Å². The van der Waals surface area contributed by atoms with Crippen molar-refractivity contribution < 1.29 is 9.26 Å². The van der Waals surface area contributed by atoms with Crippen molar-refractivity contribution in [2.24, 2.45) is 4.99 Å². The Morgan fingerprint density at radius 3 is 2.62 bits per heavy atom. The zero-order chi connectivity index (χ0) is 19.1. The number of nitrogens with zero attached hydrogens (tertiary/aromatic N) is 3. The molecule has 1 atom stereocenters. The molecule has 1 heterocycles. The molecule has 0 aliphatic carbocycles. The number of hydrogen-bond acceptors (Lipinski definition) is 4. The third-order valence-corrected chi connectivity index (χ3v) is 4.48. The molecule has 1 N–H and O–H groups in total. The maximum absolute atomic E-state index is 5.88. The summed E-state index contributed by atoms with van der Waals surface area (Å²) < 4.78 is 11.0. The molecule has 0 amide bonds. The van der Waals surface area contributed by atoms with Crippen LogP contribution in [-0.2, 0) is 0 Å². The van der Waals surface area contributed by atoms with E-state index in [0.29, 0.717) is 18.2 Å². The van der Waals surface area contributed by atoms with Gasteiger partial charge in [0, 0.05) is 37.1 Å². The third kappa shape index (κ3) is 5.39. The fourth-order valence-electron chi connectivity index (χ4n) is 2.86. The molecular weight excluding hydrogens is 352 g/mol. The van der Waals surface area contributed by atoms with Crippen LogP contribution in [0.5, 0.6) is 5.75 Å². The van der Waals surface area contributed by atoms with E-state index in [9.17, 15) is 0 Å². The summed E-state index contributed by atoms with van der Waals surface area (Å²) in [6, 6.07) is 7.36. The van der Waals surface area contributed by atoms with Crippen LogP contribution in [0.2, 0.25) is 5.02 Å². The first kappa shape index (κ1) is 20.1. The topological polar surface area (TPSA) is 62.9 Å². The van der Waals surface area contributed by atoms with Crippen molar-refractivity contribution in [1.29, 1.82) is 0 Å². The van der Waals surface area contributed by atoms with Crippen LogP contribution in [-0.4, -0.2) is 49.8 Å². The Balaban J connectivity index is 1.81. The lowest BCUT2D eigenvalue weighted by Crippen LogP contribution is -2.42. The van der Waals surface area contributed by atoms with Gasteiger partial charge in [-0.1, -0.05) is 23.7 Å². The standard InChI is InChI=1S/C19H27ClN4O2/c1-13(18-14(2)23-26-15(18)3)12-22-19(21-4)24(5)10-11-25-17-8-6-16(20)7-9-17/h6-9,13H,10-12H2,1-5H3,(H,21,22). The van der Waals surface area contributed by atoms with Crippen molar-refractivity contribution in [2.45, 2.75) is 26.7 Å². The first-order chi connectivity index (χ1) is 12.4. The summed E-state index contributed by atoms with van der Waals surface area (Å²) in [5.74, 6) is 2.77. The van der Waals surface area contributed by atoms with E-state index in [4.69, 9.17) is 20.9 Å². The monoisotopic (exact) mass is 378 g/mol. The Morgan fingerprint density at radius 2 is 2.04 bits per heavy atom. The van der Waals surface area contributed by atoms with Crippen LogP contribution in [0, 0.1) is 13.8 Å². The van der Waals surface area contributed by atoms with Gasteiger partial charge in [0.25, 0.3) is 0 Å². The average Bonchev–Trinajstić information content (AvgIpc) is 2.95. The van der Waals surface area contributed by atoms with Gasteiger partial charge >= 0.3 is 0 Å². The van der Waals surface area contributed by atoms with E-state index in [1.807, 2.05) is 50.1 Å². The molecule has 0 spiro atoms. The molecule has 0 saturated heterocycles. The summed E-state index contributed by atoms with van der Waals surface area (Å²) in [5, 5.41) is 8.13. The van der Waals surface area contributed by atoms with E-state index in [1.165, 1.54) is 0 Å². The minimum atomic E-state index is 0.275. The second-order valence-electron chi connectivity index (χ2n) is 6.29. The highest BCUT2D eigenvalue weighted by Gasteiger charge is 2.17. The lowest BCUT2D eigenvalue weighted by Gasteiger charge is -2.23. The van der Waals surface area contributed by atoms with Gasteiger partial charge in [0.15, 0.2) is 5.96 Å². The highest BCUT2D eigenvalue weighted by atomic mass is 35.5. The van der Waals surface area contributed by atoms with Gasteiger partial charge in [0.05, 0.1) is 12.2 Å². The predicted octanol–water partition coefficient (Wildman–Crippen LogP) is 3.63. The Morgan fingerprint density at radius 1 is 1.35 bits per heavy atom. The average molecular weight is 379 g/mol. The smallest absolute Gasteiger partial charge is 0.193 e. The van der Waals surface area contributed by atoms with Crippen molar-refractivity contribution in [3.05, 3.63) is 46.3 Å². The number of aryl methyl sites for hydroxylation is 2. The van der Waals surface area contributed by atoms with Gasteiger partial charge in [-0.15, -0.1) is 0 Å². The Labute approximate surface area is 160 Å². The van der Waals surface area contributed by atoms with Crippen LogP contribution < -0.4 is 10.1 Å². The summed E-state index contributed by atoms with van der Waals surface area (Å²) >= 11 is 5.88. The van der Waals surface area contributed by atoms with Crippen LogP contribution >= 0.6 is 11.6 Å². The molecule has 0 bridgehead atoms. The van der Waals surface area contributed by atoms with Gasteiger partial charge in [-0.25, -0.2) is 0 Å². The van der Waals surface area contributed by atoms with Crippen LogP contribution in [0.15, 0.2) is 33.8 Å². The fourth-order valence-corrected chi connectivity index (χ4v) is 2.99. The Kier molecular flexibility index (Phi) is 7.33. The number of nitrogens with one attached hydrogen (secondary N) is 1. The van der Waals surface area contributed by atoms with E-state index in [0.717, 1.165) is 35.3 Å². The van der Waals surface area contributed by atoms with Crippen LogP contribution in [0.1, 0.15) is 29.9 Å². The van der Waals surface area contributed by atoms with Crippen molar-refractivity contribution in [2.75, 3.05) is 33.8 Å². The van der Waals surface area contributed by atoms with Crippen molar-refractivity contribution >= 4 is 17.6 Å².